The first kappa shape index (κ1) is 9.82. The van der Waals surface area contributed by atoms with E-state index < -0.39 is 5.69 Å². The summed E-state index contributed by atoms with van der Waals surface area (Å²) in [5.41, 5.74) is 4.10. The highest BCUT2D eigenvalue weighted by Crippen LogP contribution is 2.15. The maximum atomic E-state index is 10.9. The van der Waals surface area contributed by atoms with Gasteiger partial charge >= 0.3 is 5.69 Å². The largest absolute Gasteiger partial charge is 0.363 e. The van der Waals surface area contributed by atoms with Gasteiger partial charge in [-0.05, 0) is 32.6 Å². The smallest absolute Gasteiger partial charge is 0.260 e. The number of aryl methyl sites for hydroxylation is 1. The third kappa shape index (κ3) is 2.39. The summed E-state index contributed by atoms with van der Waals surface area (Å²) in [6.07, 6.45) is 4.45. The van der Waals surface area contributed by atoms with Crippen molar-refractivity contribution in [3.8, 4) is 0 Å². The number of rotatable bonds is 2. The summed E-state index contributed by atoms with van der Waals surface area (Å²) in [6, 6.07) is 0. The van der Waals surface area contributed by atoms with Crippen LogP contribution in [0, 0.1) is 6.92 Å². The van der Waals surface area contributed by atoms with Crippen LogP contribution in [0.25, 0.3) is 0 Å². The lowest BCUT2D eigenvalue weighted by atomic mass is 10.3. The Morgan fingerprint density at radius 2 is 2.13 bits per heavy atom. The second kappa shape index (κ2) is 4.20. The quantitative estimate of drug-likeness (QED) is 0.703. The Labute approximate surface area is 86.8 Å². The minimum absolute atomic E-state index is 0.429. The van der Waals surface area contributed by atoms with Crippen LogP contribution in [-0.4, -0.2) is 20.9 Å². The van der Waals surface area contributed by atoms with Crippen LogP contribution in [0.4, 0.5) is 5.82 Å². The Balaban J connectivity index is 2.13. The molecule has 6 heteroatoms. The van der Waals surface area contributed by atoms with Gasteiger partial charge in [-0.25, -0.2) is 9.89 Å². The van der Waals surface area contributed by atoms with Crippen molar-refractivity contribution in [2.75, 3.05) is 5.43 Å². The van der Waals surface area contributed by atoms with Gasteiger partial charge in [0.15, 0.2) is 5.82 Å². The SMILES string of the molecule is Cc1n[nH]c(=O)nc1NN=C1CCCC1. The fourth-order valence-electron chi connectivity index (χ4n) is 1.52. The van der Waals surface area contributed by atoms with Crippen molar-refractivity contribution in [1.29, 1.82) is 0 Å². The van der Waals surface area contributed by atoms with Gasteiger partial charge in [-0.1, -0.05) is 0 Å². The molecule has 0 atom stereocenters. The monoisotopic (exact) mass is 207 g/mol. The molecule has 0 spiro atoms. The molecular weight excluding hydrogens is 194 g/mol. The van der Waals surface area contributed by atoms with Crippen molar-refractivity contribution in [2.45, 2.75) is 32.6 Å². The van der Waals surface area contributed by atoms with Crippen molar-refractivity contribution in [1.82, 2.24) is 15.2 Å². The van der Waals surface area contributed by atoms with Crippen LogP contribution >= 0.6 is 0 Å². The minimum atomic E-state index is -0.463. The highest BCUT2D eigenvalue weighted by atomic mass is 16.1. The highest BCUT2D eigenvalue weighted by molar-refractivity contribution is 5.86. The molecule has 0 aliphatic heterocycles. The normalized spacial score (nSPS) is 15.4. The van der Waals surface area contributed by atoms with Crippen molar-refractivity contribution in [3.63, 3.8) is 0 Å². The summed E-state index contributed by atoms with van der Waals surface area (Å²) in [7, 11) is 0. The topological polar surface area (TPSA) is 83.0 Å². The summed E-state index contributed by atoms with van der Waals surface area (Å²) in [6.45, 7) is 1.76. The summed E-state index contributed by atoms with van der Waals surface area (Å²) < 4.78 is 0. The van der Waals surface area contributed by atoms with Crippen LogP contribution in [0.5, 0.6) is 0 Å². The summed E-state index contributed by atoms with van der Waals surface area (Å²) in [5.74, 6) is 0.429. The van der Waals surface area contributed by atoms with E-state index >= 15 is 0 Å². The van der Waals surface area contributed by atoms with E-state index in [0.717, 1.165) is 18.6 Å². The molecule has 1 saturated carbocycles. The fourth-order valence-corrected chi connectivity index (χ4v) is 1.52. The van der Waals surface area contributed by atoms with E-state index in [2.05, 4.69) is 25.7 Å². The predicted octanol–water partition coefficient (Wildman–Crippen LogP) is 0.815. The molecule has 1 heterocycles. The molecule has 80 valence electrons. The molecule has 0 aromatic carbocycles. The van der Waals surface area contributed by atoms with Crippen LogP contribution in [0.2, 0.25) is 0 Å². The number of hydrogen-bond acceptors (Lipinski definition) is 5. The molecule has 0 bridgehead atoms. The van der Waals surface area contributed by atoms with Crippen molar-refractivity contribution in [3.05, 3.63) is 16.2 Å². The number of nitrogens with zero attached hydrogens (tertiary/aromatic N) is 3. The van der Waals surface area contributed by atoms with E-state index in [4.69, 9.17) is 0 Å². The Morgan fingerprint density at radius 1 is 1.40 bits per heavy atom. The Hall–Kier alpha value is -1.72. The molecule has 0 saturated heterocycles. The van der Waals surface area contributed by atoms with Gasteiger partial charge < -0.3 is 0 Å². The number of anilines is 1. The maximum Gasteiger partial charge on any atom is 0.363 e. The third-order valence-electron chi connectivity index (χ3n) is 2.38. The van der Waals surface area contributed by atoms with Crippen LogP contribution in [0.3, 0.4) is 0 Å². The van der Waals surface area contributed by atoms with Gasteiger partial charge in [0.05, 0.1) is 0 Å². The second-order valence-electron chi connectivity index (χ2n) is 3.57. The summed E-state index contributed by atoms with van der Waals surface area (Å²) in [4.78, 5) is 14.7. The Morgan fingerprint density at radius 3 is 2.87 bits per heavy atom. The van der Waals surface area contributed by atoms with Crippen molar-refractivity contribution >= 4 is 11.5 Å². The average Bonchev–Trinajstić information content (AvgIpc) is 2.72. The van der Waals surface area contributed by atoms with E-state index in [0.29, 0.717) is 11.5 Å². The molecule has 1 fully saturated rings. The Bertz CT molecular complexity index is 428. The lowest BCUT2D eigenvalue weighted by molar-refractivity contribution is 0.878. The van der Waals surface area contributed by atoms with Gasteiger partial charge in [0.25, 0.3) is 0 Å². The number of hydrogen-bond donors (Lipinski definition) is 2. The zero-order valence-corrected chi connectivity index (χ0v) is 8.58. The lowest BCUT2D eigenvalue weighted by Crippen LogP contribution is -2.16. The van der Waals surface area contributed by atoms with Crippen molar-refractivity contribution < 1.29 is 0 Å². The molecule has 2 rings (SSSR count). The average molecular weight is 207 g/mol. The molecule has 1 aromatic rings. The van der Waals surface area contributed by atoms with Crippen LogP contribution in [0.15, 0.2) is 9.90 Å². The Kier molecular flexibility index (Phi) is 2.75. The number of H-pyrrole nitrogens is 1. The first-order valence-electron chi connectivity index (χ1n) is 5.00. The molecule has 0 radical (unpaired) electrons. The highest BCUT2D eigenvalue weighted by Gasteiger charge is 2.08. The summed E-state index contributed by atoms with van der Waals surface area (Å²) in [5, 5.41) is 10.3. The van der Waals surface area contributed by atoms with Crippen molar-refractivity contribution in [2.24, 2.45) is 5.10 Å². The van der Waals surface area contributed by atoms with E-state index in [-0.39, 0.29) is 0 Å². The van der Waals surface area contributed by atoms with Gasteiger partial charge in [-0.15, -0.1) is 0 Å². The molecule has 2 N–H and O–H groups in total. The van der Waals surface area contributed by atoms with E-state index in [1.807, 2.05) is 0 Å². The van der Waals surface area contributed by atoms with Crippen LogP contribution in [-0.2, 0) is 0 Å². The van der Waals surface area contributed by atoms with Crippen LogP contribution in [0.1, 0.15) is 31.4 Å². The molecule has 15 heavy (non-hydrogen) atoms. The van der Waals surface area contributed by atoms with Gasteiger partial charge in [0.1, 0.15) is 5.69 Å². The molecule has 0 amide bonds. The number of hydrazone groups is 1. The maximum absolute atomic E-state index is 10.9. The lowest BCUT2D eigenvalue weighted by Gasteiger charge is -2.01. The summed E-state index contributed by atoms with van der Waals surface area (Å²) >= 11 is 0. The molecule has 1 aliphatic rings. The van der Waals surface area contributed by atoms with E-state index in [9.17, 15) is 4.79 Å². The number of aromatic amines is 1. The zero-order chi connectivity index (χ0) is 10.7. The molecule has 1 aliphatic carbocycles. The van der Waals surface area contributed by atoms with Gasteiger partial charge in [0.2, 0.25) is 0 Å². The fraction of sp³-hybridized carbons (Fsp3) is 0.556. The zero-order valence-electron chi connectivity index (χ0n) is 8.58. The van der Waals surface area contributed by atoms with E-state index in [1.165, 1.54) is 12.8 Å². The predicted molar refractivity (Wildman–Crippen MR) is 56.9 cm³/mol. The van der Waals surface area contributed by atoms with Crippen LogP contribution < -0.4 is 11.1 Å². The molecular formula is C9H13N5O. The molecule has 1 aromatic heterocycles. The molecule has 6 nitrogen and oxygen atoms in total. The first-order chi connectivity index (χ1) is 7.25. The van der Waals surface area contributed by atoms with Gasteiger partial charge in [-0.3, -0.25) is 5.43 Å². The molecule has 0 unspecified atom stereocenters. The van der Waals surface area contributed by atoms with Gasteiger partial charge in [-0.2, -0.15) is 15.2 Å². The number of aromatic nitrogens is 3. The van der Waals surface area contributed by atoms with Gasteiger partial charge in [0, 0.05) is 5.71 Å². The minimum Gasteiger partial charge on any atom is -0.260 e. The second-order valence-corrected chi connectivity index (χ2v) is 3.57. The van der Waals surface area contributed by atoms with E-state index in [1.54, 1.807) is 6.92 Å². The number of nitrogens with one attached hydrogen (secondary N) is 2. The standard InChI is InChI=1S/C9H13N5O/c1-6-8(10-9(15)14-11-6)13-12-7-4-2-3-5-7/h2-5H2,1H3,(H2,10,13,14,15). The first-order valence-corrected chi connectivity index (χ1v) is 5.00. The third-order valence-corrected chi connectivity index (χ3v) is 2.38.